The highest BCUT2D eigenvalue weighted by Gasteiger charge is 2.12. The zero-order valence-electron chi connectivity index (χ0n) is 9.89. The smallest absolute Gasteiger partial charge is 0.162 e. The second kappa shape index (κ2) is 5.94. The molecule has 0 spiro atoms. The first-order chi connectivity index (χ1) is 7.56. The van der Waals surface area contributed by atoms with E-state index in [9.17, 15) is 8.78 Å². The summed E-state index contributed by atoms with van der Waals surface area (Å²) in [5.74, 6) is -1.24. The quantitative estimate of drug-likeness (QED) is 0.767. The Kier molecular flexibility index (Phi) is 4.87. The lowest BCUT2D eigenvalue weighted by molar-refractivity contribution is 0.494. The van der Waals surface area contributed by atoms with Crippen LogP contribution in [0.4, 0.5) is 8.78 Å². The summed E-state index contributed by atoms with van der Waals surface area (Å²) in [6.07, 6.45) is 2.20. The van der Waals surface area contributed by atoms with Crippen LogP contribution >= 0.6 is 0 Å². The Balaban J connectivity index is 2.88. The van der Waals surface area contributed by atoms with Gasteiger partial charge in [-0.05, 0) is 48.9 Å². The molecule has 16 heavy (non-hydrogen) atoms. The van der Waals surface area contributed by atoms with Crippen LogP contribution in [0.15, 0.2) is 12.1 Å². The fourth-order valence-electron chi connectivity index (χ4n) is 1.64. The number of aryl methyl sites for hydroxylation is 1. The molecule has 0 amide bonds. The van der Waals surface area contributed by atoms with Crippen molar-refractivity contribution in [3.63, 3.8) is 0 Å². The average molecular weight is 227 g/mol. The molecular weight excluding hydrogens is 208 g/mol. The number of benzene rings is 1. The Bertz CT molecular complexity index is 348. The van der Waals surface area contributed by atoms with Gasteiger partial charge < -0.3 is 5.73 Å². The zero-order valence-corrected chi connectivity index (χ0v) is 9.89. The summed E-state index contributed by atoms with van der Waals surface area (Å²) in [6, 6.07) is 3.05. The number of hydrogen-bond donors (Lipinski definition) is 1. The third kappa shape index (κ3) is 3.27. The van der Waals surface area contributed by atoms with Gasteiger partial charge in [-0.3, -0.25) is 0 Å². The molecule has 0 saturated heterocycles. The molecule has 0 aliphatic rings. The molecule has 0 atom stereocenters. The van der Waals surface area contributed by atoms with E-state index in [1.807, 2.05) is 13.8 Å². The number of hydrogen-bond acceptors (Lipinski definition) is 1. The Labute approximate surface area is 95.7 Å². The average Bonchev–Trinajstić information content (AvgIpc) is 2.24. The molecule has 0 radical (unpaired) electrons. The normalized spacial score (nSPS) is 11.1. The number of halogens is 2. The van der Waals surface area contributed by atoms with Crippen molar-refractivity contribution in [3.05, 3.63) is 34.9 Å². The van der Waals surface area contributed by atoms with E-state index in [1.165, 1.54) is 6.07 Å². The highest BCUT2D eigenvalue weighted by Crippen LogP contribution is 2.22. The van der Waals surface area contributed by atoms with Gasteiger partial charge in [-0.1, -0.05) is 19.9 Å². The molecule has 0 bridgehead atoms. The van der Waals surface area contributed by atoms with Crippen LogP contribution in [-0.4, -0.2) is 6.54 Å². The molecule has 0 aliphatic carbocycles. The van der Waals surface area contributed by atoms with Gasteiger partial charge in [0.05, 0.1) is 0 Å². The van der Waals surface area contributed by atoms with Crippen molar-refractivity contribution in [2.75, 3.05) is 6.54 Å². The third-order valence-electron chi connectivity index (χ3n) is 2.69. The third-order valence-corrected chi connectivity index (χ3v) is 2.69. The van der Waals surface area contributed by atoms with Crippen molar-refractivity contribution in [1.29, 1.82) is 0 Å². The molecule has 0 heterocycles. The van der Waals surface area contributed by atoms with E-state index in [0.29, 0.717) is 18.5 Å². The molecule has 2 N–H and O–H groups in total. The van der Waals surface area contributed by atoms with E-state index >= 15 is 0 Å². The molecule has 0 aromatic heterocycles. The standard InChI is InChI=1S/C13H19F2N/c1-9(2)11-7-10(5-3-4-6-16)13(15)12(14)8-11/h7-9H,3-6,16H2,1-2H3. The zero-order chi connectivity index (χ0) is 12.1. The predicted octanol–water partition coefficient (Wildman–Crippen LogP) is 3.37. The minimum Gasteiger partial charge on any atom is -0.330 e. The molecule has 3 heteroatoms. The highest BCUT2D eigenvalue weighted by atomic mass is 19.2. The van der Waals surface area contributed by atoms with E-state index in [1.54, 1.807) is 6.07 Å². The SMILES string of the molecule is CC(C)c1cc(F)c(F)c(CCCCN)c1. The summed E-state index contributed by atoms with van der Waals surface area (Å²) >= 11 is 0. The Morgan fingerprint density at radius 1 is 1.19 bits per heavy atom. The topological polar surface area (TPSA) is 26.0 Å². The van der Waals surface area contributed by atoms with Crippen molar-refractivity contribution in [2.24, 2.45) is 5.73 Å². The lowest BCUT2D eigenvalue weighted by Crippen LogP contribution is -2.02. The van der Waals surface area contributed by atoms with E-state index in [4.69, 9.17) is 5.73 Å². The molecule has 0 unspecified atom stereocenters. The van der Waals surface area contributed by atoms with Crippen molar-refractivity contribution < 1.29 is 8.78 Å². The van der Waals surface area contributed by atoms with Gasteiger partial charge in [0.1, 0.15) is 0 Å². The molecule has 0 aliphatic heterocycles. The predicted molar refractivity (Wildman–Crippen MR) is 62.4 cm³/mol. The van der Waals surface area contributed by atoms with Crippen LogP contribution in [0.1, 0.15) is 43.7 Å². The van der Waals surface area contributed by atoms with E-state index in [2.05, 4.69) is 0 Å². The maximum Gasteiger partial charge on any atom is 0.162 e. The largest absolute Gasteiger partial charge is 0.330 e. The molecule has 90 valence electrons. The minimum atomic E-state index is -0.742. The maximum absolute atomic E-state index is 13.5. The summed E-state index contributed by atoms with van der Waals surface area (Å²) < 4.78 is 26.8. The van der Waals surface area contributed by atoms with Crippen molar-refractivity contribution >= 4 is 0 Å². The Hall–Kier alpha value is -0.960. The summed E-state index contributed by atoms with van der Waals surface area (Å²) in [4.78, 5) is 0. The van der Waals surface area contributed by atoms with Crippen LogP contribution in [0.25, 0.3) is 0 Å². The molecule has 1 aromatic carbocycles. The fraction of sp³-hybridized carbons (Fsp3) is 0.538. The van der Waals surface area contributed by atoms with Gasteiger partial charge in [-0.2, -0.15) is 0 Å². The van der Waals surface area contributed by atoms with Crippen molar-refractivity contribution in [1.82, 2.24) is 0 Å². The lowest BCUT2D eigenvalue weighted by atomic mass is 9.98. The summed E-state index contributed by atoms with van der Waals surface area (Å²) in [6.45, 7) is 4.53. The van der Waals surface area contributed by atoms with Crippen LogP contribution in [0.2, 0.25) is 0 Å². The molecule has 1 aromatic rings. The number of unbranched alkanes of at least 4 members (excludes halogenated alkanes) is 1. The van der Waals surface area contributed by atoms with E-state index < -0.39 is 11.6 Å². The van der Waals surface area contributed by atoms with Gasteiger partial charge in [0.2, 0.25) is 0 Å². The molecular formula is C13H19F2N. The Morgan fingerprint density at radius 3 is 2.44 bits per heavy atom. The van der Waals surface area contributed by atoms with Gasteiger partial charge in [0.25, 0.3) is 0 Å². The molecule has 1 rings (SSSR count). The van der Waals surface area contributed by atoms with Crippen LogP contribution in [-0.2, 0) is 6.42 Å². The summed E-state index contributed by atoms with van der Waals surface area (Å²) in [5, 5.41) is 0. The summed E-state index contributed by atoms with van der Waals surface area (Å²) in [7, 11) is 0. The molecule has 1 nitrogen and oxygen atoms in total. The van der Waals surface area contributed by atoms with Crippen LogP contribution in [0.5, 0.6) is 0 Å². The van der Waals surface area contributed by atoms with Crippen LogP contribution in [0, 0.1) is 11.6 Å². The Morgan fingerprint density at radius 2 is 1.88 bits per heavy atom. The van der Waals surface area contributed by atoms with Gasteiger partial charge in [-0.15, -0.1) is 0 Å². The highest BCUT2D eigenvalue weighted by molar-refractivity contribution is 5.28. The second-order valence-electron chi connectivity index (χ2n) is 4.38. The maximum atomic E-state index is 13.5. The van der Waals surface area contributed by atoms with Gasteiger partial charge in [0.15, 0.2) is 11.6 Å². The lowest BCUT2D eigenvalue weighted by Gasteiger charge is -2.10. The first-order valence-corrected chi connectivity index (χ1v) is 5.74. The van der Waals surface area contributed by atoms with Crippen molar-refractivity contribution in [2.45, 2.75) is 39.0 Å². The van der Waals surface area contributed by atoms with Gasteiger partial charge in [-0.25, -0.2) is 8.78 Å². The van der Waals surface area contributed by atoms with Crippen molar-refractivity contribution in [3.8, 4) is 0 Å². The van der Waals surface area contributed by atoms with Crippen LogP contribution in [0.3, 0.4) is 0 Å². The van der Waals surface area contributed by atoms with E-state index in [0.717, 1.165) is 18.4 Å². The summed E-state index contributed by atoms with van der Waals surface area (Å²) in [5.41, 5.74) is 6.69. The first-order valence-electron chi connectivity index (χ1n) is 5.74. The monoisotopic (exact) mass is 227 g/mol. The number of rotatable bonds is 5. The minimum absolute atomic E-state index is 0.211. The van der Waals surface area contributed by atoms with E-state index in [-0.39, 0.29) is 5.92 Å². The van der Waals surface area contributed by atoms with Crippen LogP contribution < -0.4 is 5.73 Å². The number of nitrogens with two attached hydrogens (primary N) is 1. The second-order valence-corrected chi connectivity index (χ2v) is 4.38. The van der Waals surface area contributed by atoms with Gasteiger partial charge >= 0.3 is 0 Å². The first kappa shape index (κ1) is 13.1. The van der Waals surface area contributed by atoms with Gasteiger partial charge in [0, 0.05) is 0 Å². The molecule has 0 saturated carbocycles. The molecule has 0 fully saturated rings. The fourth-order valence-corrected chi connectivity index (χ4v) is 1.64.